The van der Waals surface area contributed by atoms with Crippen LogP contribution in [0.1, 0.15) is 27.2 Å². The highest BCUT2D eigenvalue weighted by Gasteiger charge is 2.26. The van der Waals surface area contributed by atoms with E-state index in [1.54, 1.807) is 14.0 Å². The van der Waals surface area contributed by atoms with Crippen molar-refractivity contribution in [3.63, 3.8) is 0 Å². The second-order valence-electron chi connectivity index (χ2n) is 3.39. The summed E-state index contributed by atoms with van der Waals surface area (Å²) in [6, 6.07) is 0. The number of carbonyl (C=O) groups is 1. The lowest BCUT2D eigenvalue weighted by Gasteiger charge is -2.24. The largest absolute Gasteiger partial charge is 0.465 e. The molecule has 0 saturated heterocycles. The van der Waals surface area contributed by atoms with Crippen molar-refractivity contribution in [2.75, 3.05) is 13.7 Å². The highest BCUT2D eigenvalue weighted by molar-refractivity contribution is 6.29. The third kappa shape index (κ3) is 5.11. The van der Waals surface area contributed by atoms with Gasteiger partial charge in [0.25, 0.3) is 0 Å². The summed E-state index contributed by atoms with van der Waals surface area (Å²) in [6.07, 6.45) is 0.448. The molecule has 0 radical (unpaired) electrons. The van der Waals surface area contributed by atoms with Crippen molar-refractivity contribution in [2.45, 2.75) is 38.2 Å². The van der Waals surface area contributed by atoms with Gasteiger partial charge in [-0.1, -0.05) is 0 Å². The van der Waals surface area contributed by atoms with Gasteiger partial charge in [-0.15, -0.1) is 11.6 Å². The summed E-state index contributed by atoms with van der Waals surface area (Å²) in [5.74, 6) is -0.380. The molecule has 0 fully saturated rings. The van der Waals surface area contributed by atoms with Gasteiger partial charge in [-0.05, 0) is 20.8 Å². The van der Waals surface area contributed by atoms with Crippen molar-refractivity contribution in [3.8, 4) is 0 Å². The lowest BCUT2D eigenvalue weighted by molar-refractivity contribution is -0.144. The van der Waals surface area contributed by atoms with Crippen molar-refractivity contribution in [1.29, 1.82) is 0 Å². The lowest BCUT2D eigenvalue weighted by Crippen LogP contribution is -2.31. The quantitative estimate of drug-likeness (QED) is 0.512. The van der Waals surface area contributed by atoms with E-state index in [0.29, 0.717) is 13.0 Å². The summed E-state index contributed by atoms with van der Waals surface area (Å²) in [6.45, 7) is 5.86. The maximum atomic E-state index is 11.1. The van der Waals surface area contributed by atoms with Crippen molar-refractivity contribution in [2.24, 2.45) is 0 Å². The number of carbonyl (C=O) groups excluding carboxylic acids is 1. The highest BCUT2D eigenvalue weighted by atomic mass is 35.5. The zero-order valence-corrected chi connectivity index (χ0v) is 9.35. The molecule has 0 heterocycles. The van der Waals surface area contributed by atoms with Crippen LogP contribution in [0.5, 0.6) is 0 Å². The van der Waals surface area contributed by atoms with E-state index >= 15 is 0 Å². The molecule has 0 aliphatic rings. The minimum absolute atomic E-state index is 0.357. The van der Waals surface area contributed by atoms with Crippen molar-refractivity contribution >= 4 is 17.6 Å². The zero-order valence-electron chi connectivity index (χ0n) is 8.59. The predicted molar refractivity (Wildman–Crippen MR) is 52.0 cm³/mol. The van der Waals surface area contributed by atoms with Crippen LogP contribution in [-0.4, -0.2) is 30.7 Å². The fourth-order valence-corrected chi connectivity index (χ4v) is 1.27. The van der Waals surface area contributed by atoms with E-state index < -0.39 is 5.38 Å². The molecule has 0 N–H and O–H groups in total. The molecule has 1 atom stereocenters. The Morgan fingerprint density at radius 2 is 2.08 bits per heavy atom. The Bertz CT molecular complexity index is 168. The van der Waals surface area contributed by atoms with Gasteiger partial charge < -0.3 is 9.47 Å². The summed E-state index contributed by atoms with van der Waals surface area (Å²) in [7, 11) is 1.59. The van der Waals surface area contributed by atoms with Gasteiger partial charge in [-0.2, -0.15) is 0 Å². The summed E-state index contributed by atoms with van der Waals surface area (Å²) >= 11 is 5.82. The summed E-state index contributed by atoms with van der Waals surface area (Å²) in [5, 5.41) is -0.630. The van der Waals surface area contributed by atoms with E-state index in [1.807, 2.05) is 13.8 Å². The number of hydrogen-bond acceptors (Lipinski definition) is 3. The van der Waals surface area contributed by atoms with E-state index in [4.69, 9.17) is 21.1 Å². The maximum Gasteiger partial charge on any atom is 0.324 e. The fourth-order valence-electron chi connectivity index (χ4n) is 0.831. The molecule has 0 aromatic heterocycles. The molecule has 0 aromatic rings. The van der Waals surface area contributed by atoms with Gasteiger partial charge in [0.2, 0.25) is 0 Å². The van der Waals surface area contributed by atoms with E-state index in [0.717, 1.165) is 0 Å². The highest BCUT2D eigenvalue weighted by Crippen LogP contribution is 2.19. The minimum Gasteiger partial charge on any atom is -0.465 e. The molecule has 4 heteroatoms. The van der Waals surface area contributed by atoms with Gasteiger partial charge in [0.15, 0.2) is 0 Å². The van der Waals surface area contributed by atoms with Gasteiger partial charge in [0.1, 0.15) is 5.38 Å². The molecular weight excluding hydrogens is 192 g/mol. The fraction of sp³-hybridized carbons (Fsp3) is 0.889. The van der Waals surface area contributed by atoms with Crippen molar-refractivity contribution < 1.29 is 14.3 Å². The average molecular weight is 209 g/mol. The topological polar surface area (TPSA) is 35.5 Å². The van der Waals surface area contributed by atoms with Crippen molar-refractivity contribution in [3.05, 3.63) is 0 Å². The molecule has 0 aromatic carbocycles. The SMILES string of the molecule is CCOC(=O)C(Cl)CC(C)(C)OC. The van der Waals surface area contributed by atoms with Gasteiger partial charge in [0.05, 0.1) is 12.2 Å². The molecule has 78 valence electrons. The Morgan fingerprint density at radius 1 is 1.54 bits per heavy atom. The van der Waals surface area contributed by atoms with Crippen LogP contribution < -0.4 is 0 Å². The third-order valence-corrected chi connectivity index (χ3v) is 2.10. The van der Waals surface area contributed by atoms with Gasteiger partial charge in [-0.25, -0.2) is 0 Å². The standard InChI is InChI=1S/C9H17ClO3/c1-5-13-8(11)7(10)6-9(2,3)12-4/h7H,5-6H2,1-4H3. The Labute approximate surface area is 84.4 Å². The monoisotopic (exact) mass is 208 g/mol. The van der Waals surface area contributed by atoms with Crippen LogP contribution in [0.15, 0.2) is 0 Å². The lowest BCUT2D eigenvalue weighted by atomic mass is 10.0. The average Bonchev–Trinajstić information content (AvgIpc) is 2.04. The molecule has 0 amide bonds. The van der Waals surface area contributed by atoms with Crippen LogP contribution in [0.3, 0.4) is 0 Å². The number of methoxy groups -OCH3 is 1. The first-order valence-electron chi connectivity index (χ1n) is 4.29. The van der Waals surface area contributed by atoms with Crippen LogP contribution in [0.2, 0.25) is 0 Å². The molecule has 3 nitrogen and oxygen atoms in total. The molecular formula is C9H17ClO3. The maximum absolute atomic E-state index is 11.1. The zero-order chi connectivity index (χ0) is 10.5. The second kappa shape index (κ2) is 5.45. The van der Waals surface area contributed by atoms with Crippen LogP contribution in [-0.2, 0) is 14.3 Å². The molecule has 0 rings (SSSR count). The van der Waals surface area contributed by atoms with E-state index in [9.17, 15) is 4.79 Å². The molecule has 0 saturated carbocycles. The van der Waals surface area contributed by atoms with Crippen molar-refractivity contribution in [1.82, 2.24) is 0 Å². The molecule has 13 heavy (non-hydrogen) atoms. The summed E-state index contributed by atoms with van der Waals surface area (Å²) in [4.78, 5) is 11.1. The predicted octanol–water partition coefficient (Wildman–Crippen LogP) is 1.97. The van der Waals surface area contributed by atoms with Gasteiger partial charge in [-0.3, -0.25) is 4.79 Å². The number of halogens is 1. The summed E-state index contributed by atoms with van der Waals surface area (Å²) < 4.78 is 9.91. The molecule has 0 spiro atoms. The first kappa shape index (κ1) is 12.7. The van der Waals surface area contributed by atoms with Crippen LogP contribution in [0.25, 0.3) is 0 Å². The Kier molecular flexibility index (Phi) is 5.33. The van der Waals surface area contributed by atoms with E-state index in [2.05, 4.69) is 0 Å². The van der Waals surface area contributed by atoms with Crippen LogP contribution in [0.4, 0.5) is 0 Å². The van der Waals surface area contributed by atoms with Gasteiger partial charge in [0, 0.05) is 13.5 Å². The molecule has 1 unspecified atom stereocenters. The van der Waals surface area contributed by atoms with E-state index in [1.165, 1.54) is 0 Å². The first-order valence-corrected chi connectivity index (χ1v) is 4.72. The number of alkyl halides is 1. The first-order chi connectivity index (χ1) is 5.93. The summed E-state index contributed by atoms with van der Waals surface area (Å²) in [5.41, 5.74) is -0.390. The smallest absolute Gasteiger partial charge is 0.324 e. The number of ether oxygens (including phenoxy) is 2. The number of hydrogen-bond donors (Lipinski definition) is 0. The Balaban J connectivity index is 3.99. The molecule has 0 aliphatic heterocycles. The number of rotatable bonds is 5. The number of esters is 1. The Morgan fingerprint density at radius 3 is 2.46 bits per heavy atom. The normalized spacial score (nSPS) is 13.9. The molecule has 0 aliphatic carbocycles. The van der Waals surface area contributed by atoms with Crippen LogP contribution in [0, 0.1) is 0 Å². The second-order valence-corrected chi connectivity index (χ2v) is 3.91. The third-order valence-electron chi connectivity index (χ3n) is 1.77. The van der Waals surface area contributed by atoms with E-state index in [-0.39, 0.29) is 11.6 Å². The molecule has 0 bridgehead atoms. The van der Waals surface area contributed by atoms with Crippen LogP contribution >= 0.6 is 11.6 Å². The minimum atomic E-state index is -0.630. The Hall–Kier alpha value is -0.280. The van der Waals surface area contributed by atoms with Gasteiger partial charge >= 0.3 is 5.97 Å².